The van der Waals surface area contributed by atoms with Crippen molar-refractivity contribution >= 4 is 46.1 Å². The molecule has 4 amide bonds. The maximum absolute atomic E-state index is 16.5. The van der Waals surface area contributed by atoms with Gasteiger partial charge < -0.3 is 34.8 Å². The van der Waals surface area contributed by atoms with Crippen LogP contribution in [0.15, 0.2) is 73.1 Å². The number of benzene rings is 2. The number of nitrogen functional groups attached to an aromatic ring is 1. The number of hydrogen-bond donors (Lipinski definition) is 3. The van der Waals surface area contributed by atoms with Crippen molar-refractivity contribution in [2.24, 2.45) is 0 Å². The first kappa shape index (κ1) is 40.9. The maximum atomic E-state index is 16.5. The highest BCUT2D eigenvalue weighted by Crippen LogP contribution is 2.46. The molecule has 0 spiro atoms. The van der Waals surface area contributed by atoms with E-state index in [9.17, 15) is 19.5 Å². The Bertz CT molecular complexity index is 2550. The third-order valence-electron chi connectivity index (χ3n) is 13.7. The number of imide groups is 1. The number of aromatic nitrogens is 4. The summed E-state index contributed by atoms with van der Waals surface area (Å²) in [5.41, 5.74) is 11.1. The zero-order chi connectivity index (χ0) is 43.4. The molecule has 63 heavy (non-hydrogen) atoms. The van der Waals surface area contributed by atoms with E-state index in [1.807, 2.05) is 42.5 Å². The van der Waals surface area contributed by atoms with Crippen LogP contribution >= 0.6 is 0 Å². The van der Waals surface area contributed by atoms with Gasteiger partial charge in [-0.15, -0.1) is 10.2 Å². The van der Waals surface area contributed by atoms with E-state index in [0.29, 0.717) is 86.3 Å². The summed E-state index contributed by atoms with van der Waals surface area (Å²) in [6.07, 6.45) is 8.58. The molecule has 3 aromatic heterocycles. The van der Waals surface area contributed by atoms with Gasteiger partial charge in [-0.3, -0.25) is 19.8 Å². The van der Waals surface area contributed by atoms with E-state index in [-0.39, 0.29) is 48.0 Å². The minimum atomic E-state index is -1.37. The first-order valence-corrected chi connectivity index (χ1v) is 22.2. The largest absolute Gasteiger partial charge is 0.507 e. The van der Waals surface area contributed by atoms with Gasteiger partial charge in [0.15, 0.2) is 5.82 Å². The number of morpholine rings is 1. The number of hydrogen-bond acceptors (Lipinski definition) is 11. The topological polar surface area (TPSA) is 175 Å². The van der Waals surface area contributed by atoms with Crippen LogP contribution in [0, 0.1) is 0 Å². The van der Waals surface area contributed by atoms with Crippen molar-refractivity contribution in [1.29, 1.82) is 0 Å². The predicted octanol–water partition coefficient (Wildman–Crippen LogP) is 6.35. The molecule has 5 fully saturated rings. The number of rotatable bonds is 9. The Morgan fingerprint density at radius 2 is 1.75 bits per heavy atom. The smallest absolute Gasteiger partial charge is 0.328 e. The van der Waals surface area contributed by atoms with E-state index in [1.54, 1.807) is 34.2 Å². The van der Waals surface area contributed by atoms with E-state index in [1.165, 1.54) is 5.56 Å². The summed E-state index contributed by atoms with van der Waals surface area (Å²) in [4.78, 5) is 50.6. The van der Waals surface area contributed by atoms with Crippen molar-refractivity contribution in [3.63, 3.8) is 0 Å². The van der Waals surface area contributed by atoms with Gasteiger partial charge in [-0.05, 0) is 86.1 Å². The number of urea groups is 1. The number of phenolic OH excluding ortho intramolecular Hbond substituents is 1. The molecule has 7 heterocycles. The molecule has 1 aliphatic carbocycles. The van der Waals surface area contributed by atoms with Gasteiger partial charge >= 0.3 is 6.03 Å². The number of fused-ring (bicyclic) bond motifs is 1. The Hall–Kier alpha value is -6.13. The summed E-state index contributed by atoms with van der Waals surface area (Å²) < 4.78 is 25.0. The van der Waals surface area contributed by atoms with Crippen LogP contribution in [0.3, 0.4) is 0 Å². The number of likely N-dealkylation sites (tertiary alicyclic amines) is 2. The Labute approximate surface area is 365 Å². The zero-order valence-electron chi connectivity index (χ0n) is 35.5. The number of amides is 4. The second-order valence-corrected chi connectivity index (χ2v) is 18.0. The number of para-hydroxylation sites is 1. The fraction of sp³-hybridized carbons (Fsp3) is 0.447. The number of carbonyl (C=O) groups is 3. The van der Waals surface area contributed by atoms with Gasteiger partial charge in [-0.2, -0.15) is 0 Å². The van der Waals surface area contributed by atoms with Crippen LogP contribution in [0.4, 0.5) is 26.4 Å². The van der Waals surface area contributed by atoms with Crippen LogP contribution in [0.1, 0.15) is 91.4 Å². The molecule has 5 aromatic rings. The minimum absolute atomic E-state index is 0.00618. The normalized spacial score (nSPS) is 22.4. The number of aromatic hydroxyl groups is 1. The second-order valence-electron chi connectivity index (χ2n) is 18.0. The van der Waals surface area contributed by atoms with Gasteiger partial charge in [0.05, 0.1) is 29.9 Å². The van der Waals surface area contributed by atoms with Crippen molar-refractivity contribution in [2.45, 2.75) is 81.6 Å². The standard InChI is InChI=1S/C47H53FN10O5/c1-29-27-63-41(26-57(29)39-23-38(52-53-43(39)49)35-4-2-3-5-40(35)59)31-8-10-32(11-9-31)45(61)55-20-15-47(48,16-21-55)28-54-17-12-33(13-18-54)58-25-37(30-6-7-30)36-22-34(24-50-44(36)58)56-19-14-42(60)51-46(56)62/h2-5,8-11,22-25,29-30,33,41,59H,6-7,12-21,26-28H2,1H3,(H2,49,53)(H,51,60,62)/t29-,41+/m1/s1. The number of phenols is 1. The Morgan fingerprint density at radius 1 is 0.984 bits per heavy atom. The van der Waals surface area contributed by atoms with E-state index >= 15 is 4.39 Å². The SMILES string of the molecule is C[C@@H]1CO[C@H](c2ccc(C(=O)N3CCC(F)(CN4CCC(n5cc(C6CC6)c6cc(N7CCC(=O)NC7=O)cnc65)CC4)CC3)cc2)CN1c1cc(-c2ccccc2O)nnc1N. The molecule has 10 rings (SSSR count). The van der Waals surface area contributed by atoms with Crippen molar-refractivity contribution in [3.05, 3.63) is 89.7 Å². The molecule has 5 aliphatic rings. The monoisotopic (exact) mass is 856 g/mol. The van der Waals surface area contributed by atoms with E-state index in [2.05, 4.69) is 43.0 Å². The number of nitrogens with two attached hydrogens (primary N) is 1. The van der Waals surface area contributed by atoms with Crippen LogP contribution in [-0.2, 0) is 9.53 Å². The van der Waals surface area contributed by atoms with E-state index < -0.39 is 11.7 Å². The molecular weight excluding hydrogens is 804 g/mol. The lowest BCUT2D eigenvalue weighted by molar-refractivity contribution is -0.120. The Kier molecular flexibility index (Phi) is 10.7. The maximum Gasteiger partial charge on any atom is 0.328 e. The van der Waals surface area contributed by atoms with Crippen LogP contribution in [0.2, 0.25) is 0 Å². The van der Waals surface area contributed by atoms with Crippen LogP contribution in [-0.4, -0.2) is 117 Å². The highest BCUT2D eigenvalue weighted by atomic mass is 19.1. The summed E-state index contributed by atoms with van der Waals surface area (Å²) in [6, 6.07) is 18.2. The zero-order valence-corrected chi connectivity index (χ0v) is 35.5. The number of nitrogens with one attached hydrogen (secondary N) is 1. The first-order valence-electron chi connectivity index (χ1n) is 22.2. The van der Waals surface area contributed by atoms with Crippen molar-refractivity contribution in [2.75, 3.05) is 68.0 Å². The van der Waals surface area contributed by atoms with Crippen molar-refractivity contribution < 1.29 is 28.6 Å². The lowest BCUT2D eigenvalue weighted by Gasteiger charge is -2.41. The number of ether oxygens (including phenoxy) is 1. The van der Waals surface area contributed by atoms with E-state index in [0.717, 1.165) is 55.4 Å². The summed E-state index contributed by atoms with van der Waals surface area (Å²) in [5, 5.41) is 22.3. The minimum Gasteiger partial charge on any atom is -0.507 e. The first-order chi connectivity index (χ1) is 30.5. The number of halogens is 1. The van der Waals surface area contributed by atoms with Gasteiger partial charge in [0.1, 0.15) is 23.2 Å². The third kappa shape index (κ3) is 8.17. The molecule has 1 saturated carbocycles. The van der Waals surface area contributed by atoms with Crippen molar-refractivity contribution in [3.8, 4) is 17.0 Å². The predicted molar refractivity (Wildman–Crippen MR) is 236 cm³/mol. The lowest BCUT2D eigenvalue weighted by Crippen LogP contribution is -2.51. The molecule has 2 atom stereocenters. The fourth-order valence-electron chi connectivity index (χ4n) is 9.89. The second kappa shape index (κ2) is 16.5. The molecule has 328 valence electrons. The number of alkyl halides is 1. The van der Waals surface area contributed by atoms with Crippen molar-refractivity contribution in [1.82, 2.24) is 34.9 Å². The van der Waals surface area contributed by atoms with Gasteiger partial charge in [-0.25, -0.2) is 14.2 Å². The summed E-state index contributed by atoms with van der Waals surface area (Å²) in [5.74, 6) is 0.529. The highest BCUT2D eigenvalue weighted by molar-refractivity contribution is 6.06. The molecule has 0 radical (unpaired) electrons. The molecule has 4 saturated heterocycles. The molecule has 15 nitrogen and oxygen atoms in total. The molecular formula is C47H53FN10O5. The molecule has 4 aliphatic heterocycles. The number of carbonyl (C=O) groups excluding carboxylic acids is 3. The molecule has 4 N–H and O–H groups in total. The van der Waals surface area contributed by atoms with Gasteiger partial charge in [0.2, 0.25) is 5.91 Å². The number of pyridine rings is 1. The van der Waals surface area contributed by atoms with Crippen LogP contribution < -0.4 is 20.9 Å². The Balaban J connectivity index is 0.732. The highest BCUT2D eigenvalue weighted by Gasteiger charge is 2.39. The summed E-state index contributed by atoms with van der Waals surface area (Å²) in [6.45, 7) is 5.97. The van der Waals surface area contributed by atoms with Crippen LogP contribution in [0.25, 0.3) is 22.3 Å². The lowest BCUT2D eigenvalue weighted by atomic mass is 9.91. The van der Waals surface area contributed by atoms with Crippen LogP contribution in [0.5, 0.6) is 5.75 Å². The quantitative estimate of drug-likeness (QED) is 0.151. The van der Waals surface area contributed by atoms with Gasteiger partial charge in [0.25, 0.3) is 5.91 Å². The summed E-state index contributed by atoms with van der Waals surface area (Å²) >= 11 is 0. The van der Waals surface area contributed by atoms with Gasteiger partial charge in [0, 0.05) is 99.9 Å². The molecule has 2 aromatic carbocycles. The van der Waals surface area contributed by atoms with E-state index in [4.69, 9.17) is 15.5 Å². The average Bonchev–Trinajstić information content (AvgIpc) is 4.07. The average molecular weight is 857 g/mol. The van der Waals surface area contributed by atoms with Gasteiger partial charge in [-0.1, -0.05) is 24.3 Å². The number of anilines is 3. The fourth-order valence-corrected chi connectivity index (χ4v) is 9.89. The summed E-state index contributed by atoms with van der Waals surface area (Å²) in [7, 11) is 0. The third-order valence-corrected chi connectivity index (χ3v) is 13.7. The molecule has 0 bridgehead atoms. The molecule has 0 unspecified atom stereocenters. The molecule has 16 heteroatoms. The number of nitrogens with zero attached hydrogens (tertiary/aromatic N) is 8. The Morgan fingerprint density at radius 3 is 2.48 bits per heavy atom. The number of piperidine rings is 2.